The minimum Gasteiger partial charge on any atom is -0.298 e. The zero-order valence-corrected chi connectivity index (χ0v) is 9.60. The van der Waals surface area contributed by atoms with E-state index in [4.69, 9.17) is 0 Å². The van der Waals surface area contributed by atoms with Gasteiger partial charge in [0.05, 0.1) is 0 Å². The highest BCUT2D eigenvalue weighted by Gasteiger charge is 2.33. The number of carbonyl (C=O) groups is 1. The molecule has 0 saturated carbocycles. The van der Waals surface area contributed by atoms with Crippen molar-refractivity contribution in [1.29, 1.82) is 0 Å². The van der Waals surface area contributed by atoms with Gasteiger partial charge in [-0.05, 0) is 6.92 Å². The number of rotatable bonds is 3. The Labute approximate surface area is 99.7 Å². The lowest BCUT2D eigenvalue weighted by Crippen LogP contribution is -2.09. The Kier molecular flexibility index (Phi) is 4.45. The van der Waals surface area contributed by atoms with Crippen molar-refractivity contribution in [3.8, 4) is 0 Å². The van der Waals surface area contributed by atoms with Crippen molar-refractivity contribution in [2.24, 2.45) is 0 Å². The zero-order chi connectivity index (χ0) is 12.9. The summed E-state index contributed by atoms with van der Waals surface area (Å²) in [7, 11) is 0. The molecule has 0 atom stereocenters. The number of nitrogens with zero attached hydrogens (tertiary/aromatic N) is 1. The van der Waals surface area contributed by atoms with Crippen molar-refractivity contribution in [2.75, 3.05) is 5.32 Å². The van der Waals surface area contributed by atoms with Crippen molar-refractivity contribution in [3.63, 3.8) is 0 Å². The van der Waals surface area contributed by atoms with Crippen LogP contribution < -0.4 is 5.32 Å². The Morgan fingerprint density at radius 3 is 2.71 bits per heavy atom. The van der Waals surface area contributed by atoms with Gasteiger partial charge in [-0.2, -0.15) is 13.2 Å². The number of alkyl halides is 3. The third-order valence-electron chi connectivity index (χ3n) is 1.58. The third-order valence-corrected chi connectivity index (χ3v) is 2.33. The second-order valence-electron chi connectivity index (χ2n) is 2.91. The Bertz CT molecular complexity index is 449. The van der Waals surface area contributed by atoms with Crippen LogP contribution in [0.3, 0.4) is 0 Å². The van der Waals surface area contributed by atoms with Crippen LogP contribution in [-0.4, -0.2) is 10.9 Å². The van der Waals surface area contributed by atoms with Gasteiger partial charge in [0.15, 0.2) is 10.8 Å². The summed E-state index contributed by atoms with van der Waals surface area (Å²) in [6.07, 6.45) is 1.54. The van der Waals surface area contributed by atoms with E-state index >= 15 is 0 Å². The van der Waals surface area contributed by atoms with E-state index in [1.807, 2.05) is 0 Å². The van der Waals surface area contributed by atoms with Crippen LogP contribution in [-0.2, 0) is 11.0 Å². The van der Waals surface area contributed by atoms with E-state index < -0.39 is 17.8 Å². The normalized spacial score (nSPS) is 12.5. The quantitative estimate of drug-likeness (QED) is 0.671. The first-order valence-electron chi connectivity index (χ1n) is 4.56. The molecule has 0 aliphatic heterocycles. The number of nitrogens with one attached hydrogen (secondary N) is 1. The van der Waals surface area contributed by atoms with E-state index in [0.29, 0.717) is 0 Å². The summed E-state index contributed by atoms with van der Waals surface area (Å²) in [5.74, 6) is -0.522. The summed E-state index contributed by atoms with van der Waals surface area (Å²) >= 11 is 0.729. The molecular formula is C10H9F3N2OS. The molecule has 1 rings (SSSR count). The molecule has 0 aliphatic rings. The standard InChI is InChI=1S/C10H9F3N2OS/c1-2-3-4-5-8(16)15-9-14-7(6-17-9)10(11,12)13/h2-6H,1H3,(H,14,15,16). The van der Waals surface area contributed by atoms with E-state index in [-0.39, 0.29) is 5.13 Å². The number of halogens is 3. The summed E-state index contributed by atoms with van der Waals surface area (Å²) in [5, 5.41) is 3.02. The molecule has 1 aromatic heterocycles. The summed E-state index contributed by atoms with van der Waals surface area (Å²) in [6.45, 7) is 1.78. The fraction of sp³-hybridized carbons (Fsp3) is 0.200. The number of thiazole rings is 1. The molecule has 0 saturated heterocycles. The molecular weight excluding hydrogens is 253 g/mol. The van der Waals surface area contributed by atoms with E-state index in [9.17, 15) is 18.0 Å². The van der Waals surface area contributed by atoms with Crippen LogP contribution in [0.1, 0.15) is 12.6 Å². The monoisotopic (exact) mass is 262 g/mol. The lowest BCUT2D eigenvalue weighted by molar-refractivity contribution is -0.140. The number of allylic oxidation sites excluding steroid dienone is 3. The molecule has 0 aromatic carbocycles. The maximum Gasteiger partial charge on any atom is 0.434 e. The van der Waals surface area contributed by atoms with Crippen molar-refractivity contribution in [1.82, 2.24) is 4.98 Å². The van der Waals surface area contributed by atoms with Crippen LogP contribution in [0.5, 0.6) is 0 Å². The van der Waals surface area contributed by atoms with Crippen LogP contribution in [0.25, 0.3) is 0 Å². The summed E-state index contributed by atoms with van der Waals surface area (Å²) in [4.78, 5) is 14.5. The minimum absolute atomic E-state index is 0.0764. The second-order valence-corrected chi connectivity index (χ2v) is 3.77. The van der Waals surface area contributed by atoms with Crippen LogP contribution in [0.15, 0.2) is 29.7 Å². The average molecular weight is 262 g/mol. The van der Waals surface area contributed by atoms with Crippen LogP contribution in [0.4, 0.5) is 18.3 Å². The first-order valence-corrected chi connectivity index (χ1v) is 5.44. The summed E-state index contributed by atoms with van der Waals surface area (Å²) in [6, 6.07) is 0. The maximum absolute atomic E-state index is 12.2. The van der Waals surface area contributed by atoms with Gasteiger partial charge in [-0.25, -0.2) is 4.98 Å². The minimum atomic E-state index is -4.49. The Balaban J connectivity index is 2.64. The molecule has 1 aromatic rings. The Hall–Kier alpha value is -1.63. The van der Waals surface area contributed by atoms with Gasteiger partial charge in [0.25, 0.3) is 0 Å². The smallest absolute Gasteiger partial charge is 0.298 e. The van der Waals surface area contributed by atoms with Gasteiger partial charge in [-0.1, -0.05) is 18.2 Å². The third kappa shape index (κ3) is 4.39. The van der Waals surface area contributed by atoms with Crippen LogP contribution >= 0.6 is 11.3 Å². The van der Waals surface area contributed by atoms with Crippen LogP contribution in [0, 0.1) is 0 Å². The highest BCUT2D eigenvalue weighted by Crippen LogP contribution is 2.31. The lowest BCUT2D eigenvalue weighted by Gasteiger charge is -2.00. The van der Waals surface area contributed by atoms with Crippen molar-refractivity contribution >= 4 is 22.4 Å². The van der Waals surface area contributed by atoms with E-state index in [0.717, 1.165) is 16.7 Å². The molecule has 0 unspecified atom stereocenters. The zero-order valence-electron chi connectivity index (χ0n) is 8.78. The number of carbonyl (C=O) groups excluding carboxylic acids is 1. The molecule has 7 heteroatoms. The topological polar surface area (TPSA) is 42.0 Å². The molecule has 0 radical (unpaired) electrons. The number of aromatic nitrogens is 1. The van der Waals surface area contributed by atoms with Crippen molar-refractivity contribution < 1.29 is 18.0 Å². The largest absolute Gasteiger partial charge is 0.434 e. The predicted molar refractivity (Wildman–Crippen MR) is 59.7 cm³/mol. The van der Waals surface area contributed by atoms with E-state index in [2.05, 4.69) is 10.3 Å². The number of hydrogen-bond donors (Lipinski definition) is 1. The average Bonchev–Trinajstić information content (AvgIpc) is 2.66. The first-order chi connectivity index (χ1) is 7.93. The Morgan fingerprint density at radius 2 is 2.18 bits per heavy atom. The lowest BCUT2D eigenvalue weighted by atomic mass is 10.4. The van der Waals surface area contributed by atoms with Gasteiger partial charge in [0, 0.05) is 11.5 Å². The Morgan fingerprint density at radius 1 is 1.47 bits per heavy atom. The summed E-state index contributed by atoms with van der Waals surface area (Å²) in [5.41, 5.74) is -1.00. The van der Waals surface area contributed by atoms with E-state index in [1.54, 1.807) is 19.1 Å². The molecule has 0 bridgehead atoms. The fourth-order valence-corrected chi connectivity index (χ4v) is 1.58. The van der Waals surface area contributed by atoms with Gasteiger partial charge in [0.1, 0.15) is 0 Å². The second kappa shape index (κ2) is 5.62. The molecule has 0 spiro atoms. The molecule has 1 amide bonds. The number of hydrogen-bond acceptors (Lipinski definition) is 3. The maximum atomic E-state index is 12.2. The first kappa shape index (κ1) is 13.4. The fourth-order valence-electron chi connectivity index (χ4n) is 0.862. The predicted octanol–water partition coefficient (Wildman–Crippen LogP) is 3.23. The van der Waals surface area contributed by atoms with Crippen molar-refractivity contribution in [3.05, 3.63) is 35.4 Å². The molecule has 1 N–H and O–H groups in total. The molecule has 3 nitrogen and oxygen atoms in total. The van der Waals surface area contributed by atoms with Gasteiger partial charge in [-0.15, -0.1) is 11.3 Å². The van der Waals surface area contributed by atoms with Crippen molar-refractivity contribution in [2.45, 2.75) is 13.1 Å². The molecule has 1 heterocycles. The number of anilines is 1. The van der Waals surface area contributed by atoms with Gasteiger partial charge < -0.3 is 0 Å². The molecule has 92 valence electrons. The van der Waals surface area contributed by atoms with E-state index in [1.165, 1.54) is 12.2 Å². The molecule has 0 aliphatic carbocycles. The highest BCUT2D eigenvalue weighted by atomic mass is 32.1. The SMILES string of the molecule is CC=CC=CC(=O)Nc1nc(C(F)(F)F)cs1. The van der Waals surface area contributed by atoms with Gasteiger partial charge in [-0.3, -0.25) is 10.1 Å². The number of amides is 1. The van der Waals surface area contributed by atoms with Gasteiger partial charge >= 0.3 is 6.18 Å². The molecule has 17 heavy (non-hydrogen) atoms. The van der Waals surface area contributed by atoms with Crippen LogP contribution in [0.2, 0.25) is 0 Å². The molecule has 0 fully saturated rings. The highest BCUT2D eigenvalue weighted by molar-refractivity contribution is 7.14. The summed E-state index contributed by atoms with van der Waals surface area (Å²) < 4.78 is 36.6. The van der Waals surface area contributed by atoms with Gasteiger partial charge in [0.2, 0.25) is 5.91 Å².